The Kier molecular flexibility index (Phi) is 9.09. The first-order valence-corrected chi connectivity index (χ1v) is 11.4. The number of benzene rings is 2. The summed E-state index contributed by atoms with van der Waals surface area (Å²) >= 11 is 4.49. The van der Waals surface area contributed by atoms with Crippen LogP contribution in [0, 0.1) is 0 Å². The molecule has 0 aliphatic rings. The zero-order valence-corrected chi connectivity index (χ0v) is 19.9. The molecule has 7 nitrogen and oxygen atoms in total. The number of halogens is 1. The van der Waals surface area contributed by atoms with Crippen molar-refractivity contribution in [1.82, 2.24) is 0 Å². The summed E-state index contributed by atoms with van der Waals surface area (Å²) in [6.07, 6.45) is 2.97. The van der Waals surface area contributed by atoms with E-state index in [-0.39, 0.29) is 16.4 Å². The standard InChI is InChI=1S/C21H23AsClNO6/c1-27-14-10-18(29-3)15(19(11-14)30-4)6-8-21(26)24-13-5-7-17(28-2)16(9-13)22-20(25)12-23/h5-11,22H,12H2,1-4H3,(H,24,26)/b8-6+. The van der Waals surface area contributed by atoms with Gasteiger partial charge in [0.15, 0.2) is 0 Å². The van der Waals surface area contributed by atoms with Crippen molar-refractivity contribution >= 4 is 53.9 Å². The molecule has 0 radical (unpaired) electrons. The Hall–Kier alpha value is -2.63. The van der Waals surface area contributed by atoms with Crippen molar-refractivity contribution in [3.63, 3.8) is 0 Å². The van der Waals surface area contributed by atoms with Crippen molar-refractivity contribution in [3.8, 4) is 23.0 Å². The zero-order valence-electron chi connectivity index (χ0n) is 17.1. The van der Waals surface area contributed by atoms with Crippen LogP contribution in [0.25, 0.3) is 6.08 Å². The maximum atomic E-state index is 12.4. The number of anilines is 1. The molecular weight excluding hydrogens is 473 g/mol. The Labute approximate surface area is 187 Å². The van der Waals surface area contributed by atoms with Crippen LogP contribution in [0.2, 0.25) is 0 Å². The first-order valence-electron chi connectivity index (χ1n) is 8.78. The quantitative estimate of drug-likeness (QED) is 0.309. The summed E-state index contributed by atoms with van der Waals surface area (Å²) in [5.41, 5.74) is 1.16. The molecular formula is C21H23AsClNO6. The summed E-state index contributed by atoms with van der Waals surface area (Å²) in [5, 5.41) is 2.78. The molecule has 1 amide bonds. The summed E-state index contributed by atoms with van der Waals surface area (Å²) in [7, 11) is 6.13. The normalized spacial score (nSPS) is 11.0. The molecule has 9 heteroatoms. The molecule has 160 valence electrons. The van der Waals surface area contributed by atoms with E-state index < -0.39 is 15.8 Å². The van der Waals surface area contributed by atoms with Gasteiger partial charge in [0.05, 0.1) is 7.11 Å². The molecule has 0 fully saturated rings. The van der Waals surface area contributed by atoms with Crippen LogP contribution in [0.4, 0.5) is 5.69 Å². The second kappa shape index (κ2) is 11.5. The van der Waals surface area contributed by atoms with Gasteiger partial charge in [0, 0.05) is 0 Å². The second-order valence-electron chi connectivity index (χ2n) is 5.87. The van der Waals surface area contributed by atoms with Gasteiger partial charge < -0.3 is 0 Å². The minimum atomic E-state index is -1.13. The van der Waals surface area contributed by atoms with E-state index in [9.17, 15) is 9.59 Å². The molecule has 0 aliphatic heterocycles. The van der Waals surface area contributed by atoms with Crippen LogP contribution in [0.1, 0.15) is 5.56 Å². The van der Waals surface area contributed by atoms with E-state index in [1.807, 2.05) is 0 Å². The fourth-order valence-electron chi connectivity index (χ4n) is 2.61. The topological polar surface area (TPSA) is 83.1 Å². The van der Waals surface area contributed by atoms with Gasteiger partial charge in [-0.25, -0.2) is 0 Å². The average Bonchev–Trinajstić information content (AvgIpc) is 2.77. The third-order valence-corrected chi connectivity index (χ3v) is 7.07. The van der Waals surface area contributed by atoms with Crippen molar-refractivity contribution in [2.75, 3.05) is 39.6 Å². The second-order valence-corrected chi connectivity index (χ2v) is 8.96. The number of ether oxygens (including phenoxy) is 4. The molecule has 30 heavy (non-hydrogen) atoms. The number of hydrogen-bond donors (Lipinski definition) is 1. The van der Waals surface area contributed by atoms with Crippen molar-refractivity contribution in [1.29, 1.82) is 0 Å². The van der Waals surface area contributed by atoms with E-state index in [2.05, 4.69) is 5.32 Å². The van der Waals surface area contributed by atoms with Crippen LogP contribution >= 0.6 is 11.6 Å². The molecule has 1 N–H and O–H groups in total. The van der Waals surface area contributed by atoms with Gasteiger partial charge >= 0.3 is 180 Å². The Balaban J connectivity index is 2.22. The zero-order chi connectivity index (χ0) is 22.1. The van der Waals surface area contributed by atoms with Gasteiger partial charge in [-0.3, -0.25) is 0 Å². The molecule has 0 heterocycles. The SMILES string of the molecule is COc1cc(OC)c(/C=C/C(=O)Nc2ccc(OC)c([AsH]C(=O)CCl)c2)c(OC)c1. The molecule has 0 aromatic heterocycles. The molecule has 0 saturated carbocycles. The van der Waals surface area contributed by atoms with Gasteiger partial charge in [-0.1, -0.05) is 0 Å². The summed E-state index contributed by atoms with van der Waals surface area (Å²) in [6.45, 7) is 0. The summed E-state index contributed by atoms with van der Waals surface area (Å²) in [6, 6.07) is 8.57. The van der Waals surface area contributed by atoms with E-state index in [1.165, 1.54) is 27.4 Å². The number of amides is 1. The number of hydrogen-bond acceptors (Lipinski definition) is 6. The molecule has 0 aliphatic carbocycles. The van der Waals surface area contributed by atoms with Crippen LogP contribution in [-0.4, -0.2) is 60.5 Å². The predicted molar refractivity (Wildman–Crippen MR) is 119 cm³/mol. The van der Waals surface area contributed by atoms with E-state index in [0.29, 0.717) is 34.2 Å². The third kappa shape index (κ3) is 6.18. The van der Waals surface area contributed by atoms with Gasteiger partial charge in [0.2, 0.25) is 0 Å². The number of rotatable bonds is 10. The number of nitrogens with one attached hydrogen (secondary N) is 1. The predicted octanol–water partition coefficient (Wildman–Crippen LogP) is 2.20. The number of alkyl halides is 1. The molecule has 2 rings (SSSR count). The monoisotopic (exact) mass is 495 g/mol. The number of carbonyl (C=O) groups excluding carboxylic acids is 2. The first-order chi connectivity index (χ1) is 14.4. The summed E-state index contributed by atoms with van der Waals surface area (Å²) < 4.78 is 22.0. The Morgan fingerprint density at radius 1 is 0.967 bits per heavy atom. The summed E-state index contributed by atoms with van der Waals surface area (Å²) in [4.78, 5) is 24.2. The number of methoxy groups -OCH3 is 4. The molecule has 0 saturated heterocycles. The fraction of sp³-hybridized carbons (Fsp3) is 0.238. The third-order valence-electron chi connectivity index (χ3n) is 4.02. The molecule has 2 aromatic carbocycles. The van der Waals surface area contributed by atoms with Crippen molar-refractivity contribution < 1.29 is 28.5 Å². The van der Waals surface area contributed by atoms with Crippen molar-refractivity contribution in [2.45, 2.75) is 0 Å². The molecule has 0 spiro atoms. The molecule has 1 unspecified atom stereocenters. The molecule has 2 aromatic rings. The van der Waals surface area contributed by atoms with Gasteiger partial charge in [-0.15, -0.1) is 0 Å². The van der Waals surface area contributed by atoms with Crippen LogP contribution in [0.15, 0.2) is 36.4 Å². The van der Waals surface area contributed by atoms with E-state index in [4.69, 9.17) is 30.5 Å². The van der Waals surface area contributed by atoms with E-state index in [0.717, 1.165) is 4.35 Å². The van der Waals surface area contributed by atoms with Gasteiger partial charge in [0.25, 0.3) is 0 Å². The fourth-order valence-corrected chi connectivity index (χ4v) is 4.85. The molecule has 1 atom stereocenters. The Bertz CT molecular complexity index is 922. The van der Waals surface area contributed by atoms with E-state index in [1.54, 1.807) is 43.5 Å². The van der Waals surface area contributed by atoms with E-state index >= 15 is 0 Å². The van der Waals surface area contributed by atoms with Gasteiger partial charge in [0.1, 0.15) is 0 Å². The number of carbonyl (C=O) groups is 2. The van der Waals surface area contributed by atoms with Crippen LogP contribution < -0.4 is 28.6 Å². The Morgan fingerprint density at radius 3 is 2.13 bits per heavy atom. The average molecular weight is 496 g/mol. The maximum absolute atomic E-state index is 12.4. The van der Waals surface area contributed by atoms with Gasteiger partial charge in [-0.2, -0.15) is 0 Å². The summed E-state index contributed by atoms with van der Waals surface area (Å²) in [5.74, 6) is 1.81. The van der Waals surface area contributed by atoms with Crippen LogP contribution in [0.3, 0.4) is 0 Å². The first kappa shape index (κ1) is 23.6. The van der Waals surface area contributed by atoms with Crippen LogP contribution in [0.5, 0.6) is 23.0 Å². The van der Waals surface area contributed by atoms with Crippen molar-refractivity contribution in [3.05, 3.63) is 42.0 Å². The Morgan fingerprint density at radius 2 is 1.60 bits per heavy atom. The molecule has 0 bridgehead atoms. The minimum absolute atomic E-state index is 0.0166. The van der Waals surface area contributed by atoms with Crippen molar-refractivity contribution in [2.24, 2.45) is 0 Å². The van der Waals surface area contributed by atoms with Gasteiger partial charge in [-0.05, 0) is 0 Å². The van der Waals surface area contributed by atoms with Crippen LogP contribution in [-0.2, 0) is 9.59 Å².